The van der Waals surface area contributed by atoms with Gasteiger partial charge in [-0.05, 0) is 6.92 Å². The van der Waals surface area contributed by atoms with Gasteiger partial charge in [-0.25, -0.2) is 4.68 Å². The van der Waals surface area contributed by atoms with Crippen LogP contribution in [0.5, 0.6) is 0 Å². The van der Waals surface area contributed by atoms with Crippen molar-refractivity contribution in [3.8, 4) is 0 Å². The van der Waals surface area contributed by atoms with E-state index < -0.39 is 0 Å². The summed E-state index contributed by atoms with van der Waals surface area (Å²) in [6, 6.07) is 1.36. The number of aryl methyl sites for hydroxylation is 1. The molecule has 7 heteroatoms. The number of pyridine rings is 1. The molecule has 2 aromatic heterocycles. The third kappa shape index (κ3) is 1.60. The SMILES string of the molecule is Cn1nc(Cl)c2cn(C34COC(C)(C3)C4)c(=O)cc2c1=O. The van der Waals surface area contributed by atoms with Crippen molar-refractivity contribution in [2.75, 3.05) is 6.61 Å². The maximum atomic E-state index is 12.4. The minimum Gasteiger partial charge on any atom is -0.373 e. The van der Waals surface area contributed by atoms with Crippen molar-refractivity contribution in [2.24, 2.45) is 7.05 Å². The van der Waals surface area contributed by atoms with E-state index in [0.29, 0.717) is 17.4 Å². The lowest BCUT2D eigenvalue weighted by Gasteiger charge is -2.43. The minimum atomic E-state index is -0.322. The summed E-state index contributed by atoms with van der Waals surface area (Å²) in [6.45, 7) is 2.57. The molecular formula is C14H14ClN3O3. The van der Waals surface area contributed by atoms with Crippen LogP contribution in [0, 0.1) is 0 Å². The van der Waals surface area contributed by atoms with Crippen molar-refractivity contribution in [1.82, 2.24) is 14.3 Å². The summed E-state index contributed by atoms with van der Waals surface area (Å²) in [7, 11) is 1.51. The van der Waals surface area contributed by atoms with Gasteiger partial charge in [-0.2, -0.15) is 5.10 Å². The van der Waals surface area contributed by atoms with E-state index in [1.54, 1.807) is 10.8 Å². The van der Waals surface area contributed by atoms with Crippen LogP contribution in [-0.2, 0) is 17.3 Å². The number of halogens is 1. The number of hydrogen-bond acceptors (Lipinski definition) is 4. The number of aromatic nitrogens is 3. The lowest BCUT2D eigenvalue weighted by Crippen LogP contribution is -2.52. The van der Waals surface area contributed by atoms with Gasteiger partial charge in [0.2, 0.25) is 0 Å². The van der Waals surface area contributed by atoms with E-state index in [1.165, 1.54) is 13.1 Å². The largest absolute Gasteiger partial charge is 0.373 e. The summed E-state index contributed by atoms with van der Waals surface area (Å²) in [5.41, 5.74) is -0.945. The summed E-state index contributed by atoms with van der Waals surface area (Å²) < 4.78 is 8.55. The normalized spacial score (nSPS) is 30.6. The van der Waals surface area contributed by atoms with Gasteiger partial charge < -0.3 is 9.30 Å². The molecule has 2 aromatic rings. The van der Waals surface area contributed by atoms with Crippen LogP contribution in [0.15, 0.2) is 21.9 Å². The van der Waals surface area contributed by atoms with Crippen LogP contribution in [0.25, 0.3) is 10.8 Å². The lowest BCUT2D eigenvalue weighted by atomic mass is 9.69. The van der Waals surface area contributed by atoms with Crippen LogP contribution >= 0.6 is 11.6 Å². The Bertz CT molecular complexity index is 893. The minimum absolute atomic E-state index is 0.122. The van der Waals surface area contributed by atoms with Gasteiger partial charge >= 0.3 is 0 Å². The van der Waals surface area contributed by atoms with Gasteiger partial charge in [0.05, 0.1) is 23.1 Å². The smallest absolute Gasteiger partial charge is 0.274 e. The molecule has 1 aliphatic carbocycles. The average Bonchev–Trinajstić information content (AvgIpc) is 2.89. The molecule has 0 spiro atoms. The standard InChI is InChI=1S/C14H14ClN3O3/c1-13-5-14(6-13,7-21-13)18-4-9-8(3-10(18)19)12(20)17(2)16-11(9)15/h3-4H,5-7H2,1-2H3. The number of ether oxygens (including phenoxy) is 1. The molecule has 0 unspecified atom stereocenters. The summed E-state index contributed by atoms with van der Waals surface area (Å²) in [6.07, 6.45) is 3.27. The molecule has 0 atom stereocenters. The van der Waals surface area contributed by atoms with Gasteiger partial charge in [-0.1, -0.05) is 11.6 Å². The molecule has 6 nitrogen and oxygen atoms in total. The molecular weight excluding hydrogens is 294 g/mol. The van der Waals surface area contributed by atoms with Crippen molar-refractivity contribution in [1.29, 1.82) is 0 Å². The molecule has 4 heterocycles. The first-order valence-corrected chi connectivity index (χ1v) is 7.15. The molecule has 21 heavy (non-hydrogen) atoms. The third-order valence-corrected chi connectivity index (χ3v) is 4.92. The Kier molecular flexibility index (Phi) is 2.33. The monoisotopic (exact) mass is 307 g/mol. The summed E-state index contributed by atoms with van der Waals surface area (Å²) >= 11 is 6.13. The lowest BCUT2D eigenvalue weighted by molar-refractivity contribution is 0.00546. The first-order valence-electron chi connectivity index (χ1n) is 6.77. The molecule has 110 valence electrons. The van der Waals surface area contributed by atoms with Crippen LogP contribution in [-0.4, -0.2) is 26.6 Å². The zero-order valence-electron chi connectivity index (χ0n) is 11.7. The van der Waals surface area contributed by atoms with Gasteiger partial charge in [-0.15, -0.1) is 0 Å². The number of rotatable bonds is 1. The van der Waals surface area contributed by atoms with Crippen LogP contribution in [0.2, 0.25) is 5.15 Å². The summed E-state index contributed by atoms with van der Waals surface area (Å²) in [4.78, 5) is 24.5. The number of nitrogens with zero attached hydrogens (tertiary/aromatic N) is 3. The predicted molar refractivity (Wildman–Crippen MR) is 77.8 cm³/mol. The fraction of sp³-hybridized carbons (Fsp3) is 0.500. The highest BCUT2D eigenvalue weighted by molar-refractivity contribution is 6.34. The van der Waals surface area contributed by atoms with E-state index in [0.717, 1.165) is 17.5 Å². The molecule has 0 radical (unpaired) electrons. The second kappa shape index (κ2) is 3.75. The number of hydrogen-bond donors (Lipinski definition) is 0. The molecule has 2 saturated heterocycles. The van der Waals surface area contributed by atoms with Crippen LogP contribution in [0.1, 0.15) is 19.8 Å². The van der Waals surface area contributed by atoms with Crippen molar-refractivity contribution in [3.63, 3.8) is 0 Å². The maximum Gasteiger partial charge on any atom is 0.274 e. The van der Waals surface area contributed by atoms with E-state index in [2.05, 4.69) is 12.0 Å². The van der Waals surface area contributed by atoms with E-state index in [9.17, 15) is 9.59 Å². The first-order chi connectivity index (χ1) is 9.84. The molecule has 0 aromatic carbocycles. The highest BCUT2D eigenvalue weighted by atomic mass is 35.5. The Morgan fingerprint density at radius 3 is 2.67 bits per heavy atom. The quantitative estimate of drug-likeness (QED) is 0.789. The molecule has 3 fully saturated rings. The van der Waals surface area contributed by atoms with Gasteiger partial charge in [0.25, 0.3) is 11.1 Å². The third-order valence-electron chi connectivity index (χ3n) is 4.64. The molecule has 0 amide bonds. The Morgan fingerprint density at radius 2 is 2.05 bits per heavy atom. The highest BCUT2D eigenvalue weighted by Gasteiger charge is 2.61. The van der Waals surface area contributed by atoms with Gasteiger partial charge in [-0.3, -0.25) is 9.59 Å². The maximum absolute atomic E-state index is 12.4. The van der Waals surface area contributed by atoms with Crippen LogP contribution < -0.4 is 11.1 Å². The van der Waals surface area contributed by atoms with Gasteiger partial charge in [0.1, 0.15) is 0 Å². The van der Waals surface area contributed by atoms with Gasteiger partial charge in [0.15, 0.2) is 5.15 Å². The number of fused-ring (bicyclic) bond motifs is 2. The fourth-order valence-electron chi connectivity index (χ4n) is 3.74. The topological polar surface area (TPSA) is 66.1 Å². The summed E-state index contributed by atoms with van der Waals surface area (Å²) in [5, 5.41) is 5.00. The van der Waals surface area contributed by atoms with Crippen LogP contribution in [0.3, 0.4) is 0 Å². The predicted octanol–water partition coefficient (Wildman–Crippen LogP) is 1.03. The second-order valence-electron chi connectivity index (χ2n) is 6.35. The Morgan fingerprint density at radius 1 is 1.33 bits per heavy atom. The molecule has 1 saturated carbocycles. The second-order valence-corrected chi connectivity index (χ2v) is 6.70. The molecule has 3 aliphatic rings. The van der Waals surface area contributed by atoms with E-state index >= 15 is 0 Å². The Hall–Kier alpha value is -1.66. The summed E-state index contributed by atoms with van der Waals surface area (Å²) in [5.74, 6) is 0. The van der Waals surface area contributed by atoms with Crippen molar-refractivity contribution >= 4 is 22.4 Å². The highest BCUT2D eigenvalue weighted by Crippen LogP contribution is 2.55. The first kappa shape index (κ1) is 13.0. The van der Waals surface area contributed by atoms with Crippen molar-refractivity contribution < 1.29 is 4.74 Å². The van der Waals surface area contributed by atoms with E-state index in [-0.39, 0.29) is 27.4 Å². The Labute approximate surface area is 124 Å². The Balaban J connectivity index is 1.99. The zero-order valence-corrected chi connectivity index (χ0v) is 12.5. The fourth-order valence-corrected chi connectivity index (χ4v) is 4.01. The molecule has 0 N–H and O–H groups in total. The molecule has 5 rings (SSSR count). The van der Waals surface area contributed by atoms with E-state index in [4.69, 9.17) is 16.3 Å². The zero-order chi connectivity index (χ0) is 15.0. The van der Waals surface area contributed by atoms with Gasteiger partial charge in [0, 0.05) is 37.5 Å². The molecule has 2 aliphatic heterocycles. The van der Waals surface area contributed by atoms with Crippen molar-refractivity contribution in [3.05, 3.63) is 38.1 Å². The van der Waals surface area contributed by atoms with Crippen LogP contribution in [0.4, 0.5) is 0 Å². The van der Waals surface area contributed by atoms with E-state index in [1.807, 2.05) is 0 Å². The molecule has 2 bridgehead atoms. The van der Waals surface area contributed by atoms with Crippen molar-refractivity contribution in [2.45, 2.75) is 30.9 Å². The average molecular weight is 308 g/mol.